The molecule has 0 unspecified atom stereocenters. The number of anilines is 1. The summed E-state index contributed by atoms with van der Waals surface area (Å²) in [5.41, 5.74) is 8.01. The van der Waals surface area contributed by atoms with Gasteiger partial charge in [-0.05, 0) is 38.0 Å². The Labute approximate surface area is 115 Å². The highest BCUT2D eigenvalue weighted by atomic mass is 19.1. The molecule has 20 heavy (non-hydrogen) atoms. The number of carboxylic acids is 1. The lowest BCUT2D eigenvalue weighted by molar-refractivity contribution is 0.0698. The number of carboxylic acid groups (broad SMARTS) is 1. The molecule has 0 aliphatic carbocycles. The summed E-state index contributed by atoms with van der Waals surface area (Å²) < 4.78 is 15.5. The second-order valence-corrected chi connectivity index (χ2v) is 4.61. The van der Waals surface area contributed by atoms with Gasteiger partial charge in [-0.3, -0.25) is 0 Å². The third-order valence-electron chi connectivity index (χ3n) is 3.37. The molecule has 0 aliphatic heterocycles. The van der Waals surface area contributed by atoms with E-state index in [0.29, 0.717) is 0 Å². The van der Waals surface area contributed by atoms with E-state index in [0.717, 1.165) is 29.4 Å². The zero-order valence-electron chi connectivity index (χ0n) is 11.6. The molecule has 2 aromatic rings. The molecule has 3 N–H and O–H groups in total. The van der Waals surface area contributed by atoms with Gasteiger partial charge in [-0.1, -0.05) is 6.92 Å². The third kappa shape index (κ3) is 2.13. The molecule has 106 valence electrons. The Morgan fingerprint density at radius 3 is 2.60 bits per heavy atom. The molecule has 1 aromatic heterocycles. The van der Waals surface area contributed by atoms with Crippen LogP contribution in [0.1, 0.15) is 34.2 Å². The van der Waals surface area contributed by atoms with Gasteiger partial charge >= 0.3 is 5.97 Å². The van der Waals surface area contributed by atoms with Crippen molar-refractivity contribution in [1.29, 1.82) is 0 Å². The number of hydrogen-bond donors (Lipinski definition) is 2. The van der Waals surface area contributed by atoms with E-state index in [1.165, 1.54) is 10.7 Å². The van der Waals surface area contributed by atoms with Crippen LogP contribution in [0.3, 0.4) is 0 Å². The van der Waals surface area contributed by atoms with Gasteiger partial charge in [0.1, 0.15) is 5.69 Å². The summed E-state index contributed by atoms with van der Waals surface area (Å²) in [6.07, 6.45) is 0.778. The average Bonchev–Trinajstić information content (AvgIpc) is 2.64. The van der Waals surface area contributed by atoms with Gasteiger partial charge in [-0.15, -0.1) is 0 Å². The quantitative estimate of drug-likeness (QED) is 0.844. The summed E-state index contributed by atoms with van der Waals surface area (Å²) in [7, 11) is 0. The van der Waals surface area contributed by atoms with Crippen molar-refractivity contribution < 1.29 is 14.3 Å². The fraction of sp³-hybridized carbons (Fsp3) is 0.286. The number of rotatable bonds is 3. The van der Waals surface area contributed by atoms with Gasteiger partial charge in [0.15, 0.2) is 5.82 Å². The van der Waals surface area contributed by atoms with Crippen LogP contribution >= 0.6 is 0 Å². The summed E-state index contributed by atoms with van der Waals surface area (Å²) in [4.78, 5) is 11.1. The van der Waals surface area contributed by atoms with E-state index < -0.39 is 11.8 Å². The first-order chi connectivity index (χ1) is 9.36. The highest BCUT2D eigenvalue weighted by Gasteiger charge is 2.18. The van der Waals surface area contributed by atoms with Crippen molar-refractivity contribution in [3.05, 3.63) is 40.5 Å². The SMILES string of the molecule is CCc1c(C)nn(-c2cc(C(=O)O)c(N)cc2F)c1C. The lowest BCUT2D eigenvalue weighted by Crippen LogP contribution is -2.09. The van der Waals surface area contributed by atoms with E-state index in [2.05, 4.69) is 5.10 Å². The Hall–Kier alpha value is -2.37. The maximum atomic E-state index is 14.1. The second-order valence-electron chi connectivity index (χ2n) is 4.61. The van der Waals surface area contributed by atoms with E-state index in [-0.39, 0.29) is 16.9 Å². The van der Waals surface area contributed by atoms with Crippen molar-refractivity contribution in [3.63, 3.8) is 0 Å². The van der Waals surface area contributed by atoms with Crippen LogP contribution in [0.15, 0.2) is 12.1 Å². The number of hydrogen-bond acceptors (Lipinski definition) is 3. The molecule has 0 spiro atoms. The van der Waals surface area contributed by atoms with Gasteiger partial charge in [0.25, 0.3) is 0 Å². The van der Waals surface area contributed by atoms with E-state index >= 15 is 0 Å². The zero-order valence-corrected chi connectivity index (χ0v) is 11.6. The normalized spacial score (nSPS) is 10.8. The number of aromatic carboxylic acids is 1. The number of nitrogens with two attached hydrogens (primary N) is 1. The molecular formula is C14H16FN3O2. The Morgan fingerprint density at radius 2 is 2.10 bits per heavy atom. The minimum absolute atomic E-state index is 0.0944. The van der Waals surface area contributed by atoms with Gasteiger partial charge < -0.3 is 10.8 Å². The van der Waals surface area contributed by atoms with Gasteiger partial charge in [0, 0.05) is 11.4 Å². The average molecular weight is 277 g/mol. The number of halogens is 1. The van der Waals surface area contributed by atoms with Crippen molar-refractivity contribution in [2.45, 2.75) is 27.2 Å². The van der Waals surface area contributed by atoms with Crippen LogP contribution in [0.5, 0.6) is 0 Å². The molecule has 0 saturated heterocycles. The number of aromatic nitrogens is 2. The number of aryl methyl sites for hydroxylation is 1. The molecule has 0 bridgehead atoms. The van der Waals surface area contributed by atoms with E-state index in [4.69, 9.17) is 10.8 Å². The first kappa shape index (κ1) is 14.0. The molecule has 0 radical (unpaired) electrons. The van der Waals surface area contributed by atoms with Gasteiger partial charge in [-0.2, -0.15) is 5.10 Å². The topological polar surface area (TPSA) is 81.1 Å². The Bertz CT molecular complexity index is 692. The van der Waals surface area contributed by atoms with Crippen LogP contribution in [-0.4, -0.2) is 20.9 Å². The summed E-state index contributed by atoms with van der Waals surface area (Å²) in [6.45, 7) is 5.66. The molecule has 0 saturated carbocycles. The predicted molar refractivity (Wildman–Crippen MR) is 73.7 cm³/mol. The van der Waals surface area contributed by atoms with Crippen LogP contribution < -0.4 is 5.73 Å². The molecule has 6 heteroatoms. The highest BCUT2D eigenvalue weighted by molar-refractivity contribution is 5.94. The lowest BCUT2D eigenvalue weighted by atomic mass is 10.1. The Balaban J connectivity index is 2.70. The number of nitrogens with zero attached hydrogens (tertiary/aromatic N) is 2. The maximum absolute atomic E-state index is 14.1. The van der Waals surface area contributed by atoms with Crippen LogP contribution in [0.2, 0.25) is 0 Å². The van der Waals surface area contributed by atoms with Crippen molar-refractivity contribution in [1.82, 2.24) is 9.78 Å². The molecule has 5 nitrogen and oxygen atoms in total. The molecule has 0 amide bonds. The van der Waals surface area contributed by atoms with E-state index in [1.54, 1.807) is 0 Å². The summed E-state index contributed by atoms with van der Waals surface area (Å²) in [6, 6.07) is 2.23. The van der Waals surface area contributed by atoms with Gasteiger partial charge in [-0.25, -0.2) is 13.9 Å². The van der Waals surface area contributed by atoms with Crippen LogP contribution in [-0.2, 0) is 6.42 Å². The predicted octanol–water partition coefficient (Wildman–Crippen LogP) is 2.47. The first-order valence-corrected chi connectivity index (χ1v) is 6.24. The van der Waals surface area contributed by atoms with Crippen LogP contribution in [0, 0.1) is 19.7 Å². The van der Waals surface area contributed by atoms with Gasteiger partial charge in [0.2, 0.25) is 0 Å². The smallest absolute Gasteiger partial charge is 0.337 e. The van der Waals surface area contributed by atoms with Gasteiger partial charge in [0.05, 0.1) is 11.3 Å². The monoisotopic (exact) mass is 277 g/mol. The molecule has 0 fully saturated rings. The van der Waals surface area contributed by atoms with Crippen molar-refractivity contribution >= 4 is 11.7 Å². The molecule has 1 heterocycles. The Morgan fingerprint density at radius 1 is 1.45 bits per heavy atom. The summed E-state index contributed by atoms with van der Waals surface area (Å²) in [5.74, 6) is -1.79. The Kier molecular flexibility index (Phi) is 3.48. The number of benzene rings is 1. The fourth-order valence-corrected chi connectivity index (χ4v) is 2.35. The minimum Gasteiger partial charge on any atom is -0.478 e. The first-order valence-electron chi connectivity index (χ1n) is 6.24. The highest BCUT2D eigenvalue weighted by Crippen LogP contribution is 2.24. The van der Waals surface area contributed by atoms with Crippen molar-refractivity contribution in [2.75, 3.05) is 5.73 Å². The summed E-state index contributed by atoms with van der Waals surface area (Å²) >= 11 is 0. The zero-order chi connectivity index (χ0) is 15.0. The lowest BCUT2D eigenvalue weighted by Gasteiger charge is -2.09. The molecule has 0 atom stereocenters. The number of carbonyl (C=O) groups is 1. The van der Waals surface area contributed by atoms with E-state index in [1.807, 2.05) is 20.8 Å². The van der Waals surface area contributed by atoms with Crippen LogP contribution in [0.25, 0.3) is 5.69 Å². The number of nitrogen functional groups attached to an aromatic ring is 1. The van der Waals surface area contributed by atoms with E-state index in [9.17, 15) is 9.18 Å². The third-order valence-corrected chi connectivity index (χ3v) is 3.37. The van der Waals surface area contributed by atoms with Crippen LogP contribution in [0.4, 0.5) is 10.1 Å². The van der Waals surface area contributed by atoms with Crippen molar-refractivity contribution in [2.24, 2.45) is 0 Å². The molecular weight excluding hydrogens is 261 g/mol. The molecule has 2 rings (SSSR count). The summed E-state index contributed by atoms with van der Waals surface area (Å²) in [5, 5.41) is 13.4. The molecule has 1 aromatic carbocycles. The largest absolute Gasteiger partial charge is 0.478 e. The minimum atomic E-state index is -1.19. The maximum Gasteiger partial charge on any atom is 0.337 e. The fourth-order valence-electron chi connectivity index (χ4n) is 2.35. The van der Waals surface area contributed by atoms with Crippen molar-refractivity contribution in [3.8, 4) is 5.69 Å². The molecule has 0 aliphatic rings. The standard InChI is InChI=1S/C14H16FN3O2/c1-4-9-7(2)17-18(8(9)3)13-5-10(14(19)20)12(16)6-11(13)15/h5-6H,4,16H2,1-3H3,(H,19,20). The second kappa shape index (κ2) is 4.96.